The van der Waals surface area contributed by atoms with E-state index in [9.17, 15) is 9.59 Å². The molecule has 1 aromatic heterocycles. The van der Waals surface area contributed by atoms with Gasteiger partial charge in [-0.15, -0.1) is 0 Å². The van der Waals surface area contributed by atoms with Gasteiger partial charge in [0.25, 0.3) is 11.5 Å². The predicted molar refractivity (Wildman–Crippen MR) is 121 cm³/mol. The number of rotatable bonds is 6. The molecule has 0 spiro atoms. The summed E-state index contributed by atoms with van der Waals surface area (Å²) in [6.07, 6.45) is 0. The van der Waals surface area contributed by atoms with Gasteiger partial charge in [0, 0.05) is 0 Å². The summed E-state index contributed by atoms with van der Waals surface area (Å²) in [6.45, 7) is 10.1. The number of primary amides is 1. The first-order valence-electron chi connectivity index (χ1n) is 10.2. The maximum Gasteiger partial charge on any atom is 0.284 e. The molecule has 0 saturated heterocycles. The normalized spacial score (nSPS) is 9.50. The maximum atomic E-state index is 12.8. The quantitative estimate of drug-likeness (QED) is 0.656. The molecule has 0 aliphatic heterocycles. The van der Waals surface area contributed by atoms with E-state index in [-0.39, 0.29) is 30.4 Å². The number of carbonyl (C=O) groups is 1. The molecule has 0 unspecified atom stereocenters. The van der Waals surface area contributed by atoms with Crippen molar-refractivity contribution in [3.8, 4) is 5.88 Å². The standard InChI is InChI=1S/C20H19N3O3.2C2H6/c1-14-19(26-13-16-10-6-3-7-11-16)22-18(17(21)24)23(20(14)25)12-15-8-4-2-5-9-15;2*1-2/h2-11H,12-13H2,1H3,(H2,21,24);2*1-2H3. The summed E-state index contributed by atoms with van der Waals surface area (Å²) in [5.41, 5.74) is 7.24. The zero-order chi connectivity index (χ0) is 22.5. The number of carbonyl (C=O) groups excluding carboxylic acids is 1. The molecular formula is C24H31N3O3. The van der Waals surface area contributed by atoms with E-state index in [0.29, 0.717) is 5.56 Å². The number of nitrogens with zero attached hydrogens (tertiary/aromatic N) is 2. The van der Waals surface area contributed by atoms with E-state index < -0.39 is 5.91 Å². The van der Waals surface area contributed by atoms with Crippen molar-refractivity contribution in [1.82, 2.24) is 9.55 Å². The third-order valence-electron chi connectivity index (χ3n) is 3.97. The van der Waals surface area contributed by atoms with Crippen LogP contribution in [0.1, 0.15) is 55.0 Å². The summed E-state index contributed by atoms with van der Waals surface area (Å²) >= 11 is 0. The van der Waals surface area contributed by atoms with E-state index in [1.807, 2.05) is 88.4 Å². The first-order chi connectivity index (χ1) is 14.6. The van der Waals surface area contributed by atoms with Gasteiger partial charge in [0.15, 0.2) is 0 Å². The summed E-state index contributed by atoms with van der Waals surface area (Å²) < 4.78 is 6.95. The monoisotopic (exact) mass is 409 g/mol. The zero-order valence-corrected chi connectivity index (χ0v) is 18.4. The largest absolute Gasteiger partial charge is 0.472 e. The molecule has 0 atom stereocenters. The average molecular weight is 410 g/mol. The molecule has 0 aliphatic carbocycles. The third kappa shape index (κ3) is 6.58. The van der Waals surface area contributed by atoms with Crippen molar-refractivity contribution < 1.29 is 9.53 Å². The fraction of sp³-hybridized carbons (Fsp3) is 0.292. The number of amides is 1. The molecule has 3 aromatic rings. The first-order valence-corrected chi connectivity index (χ1v) is 10.2. The Hall–Kier alpha value is -3.41. The molecule has 3 rings (SSSR count). The molecule has 160 valence electrons. The third-order valence-corrected chi connectivity index (χ3v) is 3.97. The molecular weight excluding hydrogens is 378 g/mol. The lowest BCUT2D eigenvalue weighted by Gasteiger charge is -2.14. The molecule has 1 heterocycles. The summed E-state index contributed by atoms with van der Waals surface area (Å²) in [5.74, 6) is -0.771. The van der Waals surface area contributed by atoms with E-state index >= 15 is 0 Å². The molecule has 30 heavy (non-hydrogen) atoms. The number of nitrogens with two attached hydrogens (primary N) is 1. The Morgan fingerprint density at radius 2 is 1.43 bits per heavy atom. The van der Waals surface area contributed by atoms with Crippen LogP contribution in [0, 0.1) is 6.92 Å². The Labute approximate surface area is 178 Å². The molecule has 2 N–H and O–H groups in total. The van der Waals surface area contributed by atoms with Gasteiger partial charge >= 0.3 is 0 Å². The topological polar surface area (TPSA) is 87.2 Å². The molecule has 0 radical (unpaired) electrons. The Kier molecular flexibility index (Phi) is 10.6. The number of aromatic nitrogens is 2. The van der Waals surface area contributed by atoms with Crippen LogP contribution in [-0.4, -0.2) is 15.5 Å². The fourth-order valence-corrected chi connectivity index (χ4v) is 2.60. The van der Waals surface area contributed by atoms with Gasteiger partial charge in [-0.1, -0.05) is 88.4 Å². The van der Waals surface area contributed by atoms with Crippen LogP contribution in [0.5, 0.6) is 5.88 Å². The van der Waals surface area contributed by atoms with Gasteiger partial charge in [0.2, 0.25) is 11.7 Å². The molecule has 0 bridgehead atoms. The minimum atomic E-state index is -0.775. The summed E-state index contributed by atoms with van der Waals surface area (Å²) in [5, 5.41) is 0. The van der Waals surface area contributed by atoms with Crippen molar-refractivity contribution in [2.24, 2.45) is 5.73 Å². The molecule has 2 aromatic carbocycles. The molecule has 6 heteroatoms. The lowest BCUT2D eigenvalue weighted by atomic mass is 10.2. The minimum absolute atomic E-state index is 0.118. The number of hydrogen-bond acceptors (Lipinski definition) is 4. The second kappa shape index (κ2) is 12.9. The van der Waals surface area contributed by atoms with E-state index in [4.69, 9.17) is 10.5 Å². The van der Waals surface area contributed by atoms with Gasteiger partial charge in [0.1, 0.15) is 6.61 Å². The van der Waals surface area contributed by atoms with Crippen LogP contribution < -0.4 is 16.0 Å². The van der Waals surface area contributed by atoms with Gasteiger partial charge in [-0.25, -0.2) is 0 Å². The smallest absolute Gasteiger partial charge is 0.284 e. The Balaban J connectivity index is 0.00000106. The lowest BCUT2D eigenvalue weighted by molar-refractivity contribution is 0.0983. The highest BCUT2D eigenvalue weighted by Crippen LogP contribution is 2.15. The highest BCUT2D eigenvalue weighted by molar-refractivity contribution is 5.89. The van der Waals surface area contributed by atoms with Crippen molar-refractivity contribution >= 4 is 5.91 Å². The van der Waals surface area contributed by atoms with Crippen LogP contribution in [0.25, 0.3) is 0 Å². The van der Waals surface area contributed by atoms with Crippen molar-refractivity contribution in [1.29, 1.82) is 0 Å². The van der Waals surface area contributed by atoms with E-state index in [0.717, 1.165) is 11.1 Å². The second-order valence-electron chi connectivity index (χ2n) is 5.88. The van der Waals surface area contributed by atoms with Crippen molar-refractivity contribution in [2.75, 3.05) is 0 Å². The van der Waals surface area contributed by atoms with Crippen molar-refractivity contribution in [3.63, 3.8) is 0 Å². The van der Waals surface area contributed by atoms with Crippen molar-refractivity contribution in [2.45, 2.75) is 47.8 Å². The summed E-state index contributed by atoms with van der Waals surface area (Å²) in [7, 11) is 0. The SMILES string of the molecule is CC.CC.Cc1c(OCc2ccccc2)nc(C(N)=O)n(Cc2ccccc2)c1=O. The lowest BCUT2D eigenvalue weighted by Crippen LogP contribution is -2.33. The van der Waals surface area contributed by atoms with Gasteiger partial charge in [-0.05, 0) is 18.1 Å². The van der Waals surface area contributed by atoms with Crippen LogP contribution in [0.2, 0.25) is 0 Å². The van der Waals surface area contributed by atoms with E-state index in [1.165, 1.54) is 4.57 Å². The molecule has 0 saturated carbocycles. The second-order valence-corrected chi connectivity index (χ2v) is 5.88. The van der Waals surface area contributed by atoms with E-state index in [1.54, 1.807) is 6.92 Å². The molecule has 6 nitrogen and oxygen atoms in total. The Morgan fingerprint density at radius 1 is 0.933 bits per heavy atom. The molecule has 1 amide bonds. The van der Waals surface area contributed by atoms with Crippen LogP contribution in [-0.2, 0) is 13.2 Å². The predicted octanol–water partition coefficient (Wildman–Crippen LogP) is 4.33. The Morgan fingerprint density at radius 3 is 1.93 bits per heavy atom. The fourth-order valence-electron chi connectivity index (χ4n) is 2.60. The van der Waals surface area contributed by atoms with Crippen LogP contribution in [0.15, 0.2) is 65.5 Å². The summed E-state index contributed by atoms with van der Waals surface area (Å²) in [4.78, 5) is 28.8. The van der Waals surface area contributed by atoms with Gasteiger partial charge < -0.3 is 10.5 Å². The van der Waals surface area contributed by atoms with E-state index in [2.05, 4.69) is 4.98 Å². The first kappa shape index (κ1) is 24.6. The zero-order valence-electron chi connectivity index (χ0n) is 18.4. The Bertz CT molecular complexity index is 968. The highest BCUT2D eigenvalue weighted by atomic mass is 16.5. The van der Waals surface area contributed by atoms with Gasteiger partial charge in [-0.2, -0.15) is 4.98 Å². The average Bonchev–Trinajstić information content (AvgIpc) is 2.80. The van der Waals surface area contributed by atoms with Crippen molar-refractivity contribution in [3.05, 3.63) is 93.5 Å². The minimum Gasteiger partial charge on any atom is -0.472 e. The van der Waals surface area contributed by atoms with Crippen LogP contribution >= 0.6 is 0 Å². The van der Waals surface area contributed by atoms with Gasteiger partial charge in [0.05, 0.1) is 12.1 Å². The number of hydrogen-bond donors (Lipinski definition) is 1. The number of ether oxygens (including phenoxy) is 1. The van der Waals surface area contributed by atoms with Crippen LogP contribution in [0.4, 0.5) is 0 Å². The molecule has 0 fully saturated rings. The van der Waals surface area contributed by atoms with Crippen LogP contribution in [0.3, 0.4) is 0 Å². The highest BCUT2D eigenvalue weighted by Gasteiger charge is 2.18. The number of benzene rings is 2. The van der Waals surface area contributed by atoms with Gasteiger partial charge in [-0.3, -0.25) is 14.2 Å². The maximum absolute atomic E-state index is 12.8. The summed E-state index contributed by atoms with van der Waals surface area (Å²) in [6, 6.07) is 18.8. The molecule has 0 aliphatic rings.